The Balaban J connectivity index is 1.31. The minimum absolute atomic E-state index is 0.0315. The van der Waals surface area contributed by atoms with Gasteiger partial charge >= 0.3 is 6.18 Å². The number of hydrazine groups is 1. The van der Waals surface area contributed by atoms with Gasteiger partial charge in [-0.25, -0.2) is 4.98 Å². The second-order valence-corrected chi connectivity index (χ2v) is 15.9. The predicted octanol–water partition coefficient (Wildman–Crippen LogP) is 8.12. The van der Waals surface area contributed by atoms with Crippen molar-refractivity contribution in [1.82, 2.24) is 9.99 Å². The van der Waals surface area contributed by atoms with Crippen LogP contribution in [0.4, 0.5) is 24.7 Å². The van der Waals surface area contributed by atoms with Gasteiger partial charge in [-0.1, -0.05) is 59.1 Å². The number of halogens is 5. The summed E-state index contributed by atoms with van der Waals surface area (Å²) in [5, 5.41) is 11.5. The second-order valence-electron chi connectivity index (χ2n) is 15.0. The first kappa shape index (κ1) is 38.3. The van der Waals surface area contributed by atoms with Gasteiger partial charge < -0.3 is 5.11 Å². The van der Waals surface area contributed by atoms with Gasteiger partial charge in [-0.2, -0.15) is 18.2 Å². The Labute approximate surface area is 334 Å². The molecule has 292 valence electrons. The summed E-state index contributed by atoms with van der Waals surface area (Å²) in [4.78, 5) is 75.9. The number of ketones is 1. The van der Waals surface area contributed by atoms with Crippen LogP contribution in [-0.4, -0.2) is 44.5 Å². The molecular formula is C42H33Cl2F3N4O6. The van der Waals surface area contributed by atoms with Crippen molar-refractivity contribution in [3.63, 3.8) is 0 Å². The van der Waals surface area contributed by atoms with Crippen molar-refractivity contribution in [3.05, 3.63) is 128 Å². The fourth-order valence-electron chi connectivity index (χ4n) is 9.41. The number of fused-ring (bicyclic) bond motifs is 4. The maximum absolute atomic E-state index is 15.4. The third-order valence-electron chi connectivity index (χ3n) is 11.9. The maximum Gasteiger partial charge on any atom is 0.417 e. The number of alkyl halides is 3. The molecule has 0 radical (unpaired) electrons. The molecule has 0 spiro atoms. The first-order valence-electron chi connectivity index (χ1n) is 18.1. The number of carbonyl (C=O) groups is 5. The number of allylic oxidation sites excluding steroid dienone is 2. The van der Waals surface area contributed by atoms with Crippen LogP contribution in [0.2, 0.25) is 10.0 Å². The first-order chi connectivity index (χ1) is 26.9. The highest BCUT2D eigenvalue weighted by atomic mass is 35.5. The molecule has 2 N–H and O–H groups in total. The molecule has 4 aromatic rings. The molecule has 3 aromatic carbocycles. The second kappa shape index (κ2) is 13.6. The number of pyridine rings is 1. The number of aromatic hydroxyl groups is 1. The summed E-state index contributed by atoms with van der Waals surface area (Å²) >= 11 is 12.6. The van der Waals surface area contributed by atoms with E-state index in [1.54, 1.807) is 74.5 Å². The zero-order valence-corrected chi connectivity index (χ0v) is 32.0. The van der Waals surface area contributed by atoms with E-state index in [9.17, 15) is 37.5 Å². The fourth-order valence-corrected chi connectivity index (χ4v) is 9.75. The maximum atomic E-state index is 15.4. The van der Waals surface area contributed by atoms with Crippen molar-refractivity contribution in [3.8, 4) is 5.75 Å². The Kier molecular flexibility index (Phi) is 9.12. The van der Waals surface area contributed by atoms with Crippen LogP contribution < -0.4 is 10.3 Å². The van der Waals surface area contributed by atoms with Crippen LogP contribution in [0.3, 0.4) is 0 Å². The monoisotopic (exact) mass is 816 g/mol. The molecule has 4 amide bonds. The number of rotatable bonds is 6. The largest absolute Gasteiger partial charge is 0.507 e. The fraction of sp³-hybridized carbons (Fsp3) is 0.286. The quantitative estimate of drug-likeness (QED) is 0.113. The summed E-state index contributed by atoms with van der Waals surface area (Å²) in [5.41, 5.74) is 3.05. The van der Waals surface area contributed by atoms with Gasteiger partial charge in [0, 0.05) is 22.7 Å². The van der Waals surface area contributed by atoms with E-state index in [-0.39, 0.29) is 30.2 Å². The summed E-state index contributed by atoms with van der Waals surface area (Å²) < 4.78 is 40.5. The van der Waals surface area contributed by atoms with Crippen LogP contribution in [-0.2, 0) is 30.8 Å². The average molecular weight is 818 g/mol. The number of hydrogen-bond acceptors (Lipinski definition) is 8. The first-order valence-corrected chi connectivity index (χ1v) is 18.8. The molecular weight excluding hydrogens is 784 g/mol. The Morgan fingerprint density at radius 1 is 0.912 bits per heavy atom. The predicted molar refractivity (Wildman–Crippen MR) is 203 cm³/mol. The molecule has 1 aromatic heterocycles. The Morgan fingerprint density at radius 3 is 2.16 bits per heavy atom. The molecule has 57 heavy (non-hydrogen) atoms. The van der Waals surface area contributed by atoms with E-state index >= 15 is 4.79 Å². The molecule has 6 unspecified atom stereocenters. The lowest BCUT2D eigenvalue weighted by Crippen LogP contribution is -2.53. The van der Waals surface area contributed by atoms with Gasteiger partial charge in [0.15, 0.2) is 11.6 Å². The van der Waals surface area contributed by atoms with E-state index in [1.807, 2.05) is 6.08 Å². The molecule has 15 heteroatoms. The normalized spacial score (nSPS) is 25.6. The highest BCUT2D eigenvalue weighted by Gasteiger charge is 2.70. The van der Waals surface area contributed by atoms with E-state index in [4.69, 9.17) is 23.2 Å². The van der Waals surface area contributed by atoms with Crippen molar-refractivity contribution in [1.29, 1.82) is 0 Å². The van der Waals surface area contributed by atoms with Crippen LogP contribution in [0.5, 0.6) is 5.75 Å². The van der Waals surface area contributed by atoms with E-state index in [2.05, 4.69) is 10.4 Å². The molecule has 6 atom stereocenters. The summed E-state index contributed by atoms with van der Waals surface area (Å²) in [6.45, 7) is 4.81. The van der Waals surface area contributed by atoms with Crippen molar-refractivity contribution in [2.24, 2.45) is 23.7 Å². The molecule has 1 saturated carbocycles. The van der Waals surface area contributed by atoms with Crippen LogP contribution >= 0.6 is 23.2 Å². The van der Waals surface area contributed by atoms with Crippen molar-refractivity contribution in [2.45, 2.75) is 51.1 Å². The van der Waals surface area contributed by atoms with Gasteiger partial charge in [0.25, 0.3) is 11.8 Å². The molecule has 10 nitrogen and oxygen atoms in total. The summed E-state index contributed by atoms with van der Waals surface area (Å²) in [6.07, 6.45) is -2.27. The molecule has 0 bridgehead atoms. The van der Waals surface area contributed by atoms with Crippen LogP contribution in [0.1, 0.15) is 63.9 Å². The smallest absolute Gasteiger partial charge is 0.417 e. The van der Waals surface area contributed by atoms with E-state index < -0.39 is 75.4 Å². The Hall–Kier alpha value is -5.53. The average Bonchev–Trinajstić information content (AvgIpc) is 3.54. The molecule has 2 saturated heterocycles. The zero-order valence-electron chi connectivity index (χ0n) is 30.5. The number of nitrogens with one attached hydrogen (secondary N) is 1. The number of aromatic nitrogens is 1. The van der Waals surface area contributed by atoms with Crippen LogP contribution in [0.25, 0.3) is 0 Å². The Bertz CT molecular complexity index is 2430. The van der Waals surface area contributed by atoms with E-state index in [1.165, 1.54) is 6.92 Å². The van der Waals surface area contributed by atoms with E-state index in [0.717, 1.165) is 9.91 Å². The van der Waals surface area contributed by atoms with Crippen LogP contribution in [0, 0.1) is 37.5 Å². The minimum Gasteiger partial charge on any atom is -0.507 e. The Morgan fingerprint density at radius 2 is 1.56 bits per heavy atom. The standard InChI is InChI=1S/C42H33Cl2F3N4O6/c1-19-14-23(15-20(2)35(19)53)34-28-12-13-29-33(39(56)50(37(29)54)27-10-4-22(5-11-27)21(3)52)30(28)17-31-38(55)51(40(57)41(31,34)24-6-8-26(43)9-7-24)49-36-32(44)16-25(18-48-36)42(45,46)47/h4-12,14-16,18,29-31,33-34,53H,13,17H2,1-3H3,(H,48,49). The number of carbonyl (C=O) groups excluding carboxylic acids is 5. The number of Topliss-reactive ketones (excluding diaryl/α,β-unsaturated/α-hetero) is 1. The summed E-state index contributed by atoms with van der Waals surface area (Å²) in [5.74, 6) is -7.54. The van der Waals surface area contributed by atoms with Crippen LogP contribution in [0.15, 0.2) is 84.6 Å². The number of anilines is 2. The zero-order chi connectivity index (χ0) is 40.9. The molecule has 3 heterocycles. The number of imide groups is 2. The molecule has 2 aliphatic heterocycles. The lowest BCUT2D eigenvalue weighted by Gasteiger charge is -2.50. The number of benzene rings is 3. The van der Waals surface area contributed by atoms with Gasteiger partial charge in [0.1, 0.15) is 5.75 Å². The van der Waals surface area contributed by atoms with E-state index in [0.29, 0.717) is 56.4 Å². The third kappa shape index (κ3) is 5.84. The number of hydrogen-bond donors (Lipinski definition) is 2. The summed E-state index contributed by atoms with van der Waals surface area (Å²) in [7, 11) is 0. The molecule has 2 aliphatic carbocycles. The number of aryl methyl sites for hydroxylation is 2. The highest BCUT2D eigenvalue weighted by Crippen LogP contribution is 2.64. The summed E-state index contributed by atoms with van der Waals surface area (Å²) in [6, 6.07) is 16.7. The lowest BCUT2D eigenvalue weighted by molar-refractivity contribution is -0.139. The lowest BCUT2D eigenvalue weighted by atomic mass is 9.49. The number of amides is 4. The van der Waals surface area contributed by atoms with Gasteiger partial charge in [-0.15, -0.1) is 0 Å². The third-order valence-corrected chi connectivity index (χ3v) is 12.5. The minimum atomic E-state index is -4.76. The van der Waals surface area contributed by atoms with Gasteiger partial charge in [-0.3, -0.25) is 34.3 Å². The van der Waals surface area contributed by atoms with Crippen molar-refractivity contribution < 1.29 is 42.3 Å². The number of phenols is 1. The van der Waals surface area contributed by atoms with Gasteiger partial charge in [-0.05, 0) is 104 Å². The SMILES string of the molecule is CC(=O)c1ccc(N2C(=O)C3CC=C4C(CC5C(=O)N(Nc6ncc(C(F)(F)F)cc6Cl)C(=O)C5(c5ccc(Cl)cc5)C4c4cc(C)c(O)c(C)c4)C3C2=O)cc1. The van der Waals surface area contributed by atoms with Crippen molar-refractivity contribution >= 4 is 64.1 Å². The highest BCUT2D eigenvalue weighted by molar-refractivity contribution is 6.33. The molecule has 3 fully saturated rings. The molecule has 4 aliphatic rings. The molecule has 8 rings (SSSR count). The van der Waals surface area contributed by atoms with Crippen molar-refractivity contribution in [2.75, 3.05) is 10.3 Å². The van der Waals surface area contributed by atoms with Gasteiger partial charge in [0.2, 0.25) is 11.8 Å². The number of phenolic OH excluding ortho intramolecular Hbond substituents is 1. The van der Waals surface area contributed by atoms with Gasteiger partial charge in [0.05, 0.1) is 39.4 Å². The number of nitrogens with zero attached hydrogens (tertiary/aromatic N) is 3. The topological polar surface area (TPSA) is 137 Å².